The molecule has 2 rings (SSSR count). The number of ether oxygens (including phenoxy) is 1. The predicted octanol–water partition coefficient (Wildman–Crippen LogP) is 1.34. The standard InChI is InChI=1S/C17H20N4O4/c18-13-15(12-14-2-4-16(5-3-14)21(23)24)17(22)19-6-1-7-20-8-10-25-11-9-20/h2-5,12H,1,6-11H2,(H,19,22)/b15-12+. The molecule has 1 N–H and O–H groups in total. The van der Waals surface area contributed by atoms with E-state index in [-0.39, 0.29) is 11.3 Å². The molecule has 0 spiro atoms. The van der Waals surface area contributed by atoms with Crippen LogP contribution in [0.4, 0.5) is 5.69 Å². The van der Waals surface area contributed by atoms with E-state index in [1.807, 2.05) is 6.07 Å². The number of amides is 1. The third-order valence-corrected chi connectivity index (χ3v) is 3.82. The quantitative estimate of drug-likeness (QED) is 0.263. The number of benzene rings is 1. The van der Waals surface area contributed by atoms with Crippen molar-refractivity contribution in [3.8, 4) is 6.07 Å². The van der Waals surface area contributed by atoms with E-state index < -0.39 is 10.8 Å². The van der Waals surface area contributed by atoms with Crippen LogP contribution in [0, 0.1) is 21.4 Å². The van der Waals surface area contributed by atoms with E-state index in [1.165, 1.54) is 30.3 Å². The summed E-state index contributed by atoms with van der Waals surface area (Å²) >= 11 is 0. The second kappa shape index (κ2) is 9.52. The molecule has 0 aromatic heterocycles. The number of nitro groups is 1. The summed E-state index contributed by atoms with van der Waals surface area (Å²) in [5, 5.41) is 22.5. The molecule has 8 heteroatoms. The number of carbonyl (C=O) groups excluding carboxylic acids is 1. The largest absolute Gasteiger partial charge is 0.379 e. The summed E-state index contributed by atoms with van der Waals surface area (Å²) in [6, 6.07) is 7.54. The Kier molecular flexibility index (Phi) is 7.07. The van der Waals surface area contributed by atoms with Crippen molar-refractivity contribution in [2.24, 2.45) is 0 Å². The Morgan fingerprint density at radius 1 is 1.36 bits per heavy atom. The van der Waals surface area contributed by atoms with Gasteiger partial charge in [-0.2, -0.15) is 5.26 Å². The fourth-order valence-electron chi connectivity index (χ4n) is 2.43. The van der Waals surface area contributed by atoms with Gasteiger partial charge >= 0.3 is 0 Å². The fourth-order valence-corrected chi connectivity index (χ4v) is 2.43. The lowest BCUT2D eigenvalue weighted by atomic mass is 10.1. The van der Waals surface area contributed by atoms with Crippen LogP contribution in [0.3, 0.4) is 0 Å². The number of nitriles is 1. The van der Waals surface area contributed by atoms with Crippen LogP contribution in [0.15, 0.2) is 29.8 Å². The molecule has 1 heterocycles. The minimum atomic E-state index is -0.500. The number of morpholine rings is 1. The van der Waals surface area contributed by atoms with Gasteiger partial charge in [0.05, 0.1) is 18.1 Å². The van der Waals surface area contributed by atoms with Crippen LogP contribution in [0.25, 0.3) is 6.08 Å². The Hall–Kier alpha value is -2.76. The third-order valence-electron chi connectivity index (χ3n) is 3.82. The first kappa shape index (κ1) is 18.6. The lowest BCUT2D eigenvalue weighted by Gasteiger charge is -2.26. The summed E-state index contributed by atoms with van der Waals surface area (Å²) in [5.74, 6) is -0.442. The average molecular weight is 344 g/mol. The Labute approximate surface area is 145 Å². The zero-order chi connectivity index (χ0) is 18.1. The van der Waals surface area contributed by atoms with Gasteiger partial charge in [0, 0.05) is 31.8 Å². The number of nitrogens with one attached hydrogen (secondary N) is 1. The molecule has 25 heavy (non-hydrogen) atoms. The SMILES string of the molecule is N#C/C(=C\c1ccc([N+](=O)[O-])cc1)C(=O)NCCCN1CCOCC1. The molecule has 0 bridgehead atoms. The van der Waals surface area contributed by atoms with Crippen LogP contribution >= 0.6 is 0 Å². The average Bonchev–Trinajstić information content (AvgIpc) is 2.64. The van der Waals surface area contributed by atoms with Crippen LogP contribution in [0.2, 0.25) is 0 Å². The molecular weight excluding hydrogens is 324 g/mol. The summed E-state index contributed by atoms with van der Waals surface area (Å²) in [4.78, 5) is 24.5. The molecule has 0 atom stereocenters. The van der Waals surface area contributed by atoms with Crippen LogP contribution in [-0.2, 0) is 9.53 Å². The van der Waals surface area contributed by atoms with E-state index >= 15 is 0 Å². The summed E-state index contributed by atoms with van der Waals surface area (Å²) in [6.45, 7) is 4.63. The van der Waals surface area contributed by atoms with Gasteiger partial charge in [-0.05, 0) is 36.7 Å². The molecule has 1 aliphatic heterocycles. The van der Waals surface area contributed by atoms with Crippen molar-refractivity contribution < 1.29 is 14.5 Å². The van der Waals surface area contributed by atoms with Gasteiger partial charge in [-0.3, -0.25) is 19.8 Å². The van der Waals surface area contributed by atoms with Gasteiger partial charge in [0.25, 0.3) is 11.6 Å². The van der Waals surface area contributed by atoms with Crippen LogP contribution < -0.4 is 5.32 Å². The maximum atomic E-state index is 12.1. The van der Waals surface area contributed by atoms with E-state index in [2.05, 4.69) is 10.2 Å². The Balaban J connectivity index is 1.83. The predicted molar refractivity (Wildman–Crippen MR) is 91.6 cm³/mol. The molecule has 0 radical (unpaired) electrons. The van der Waals surface area contributed by atoms with E-state index in [1.54, 1.807) is 0 Å². The number of nitrogens with zero attached hydrogens (tertiary/aromatic N) is 3. The number of rotatable bonds is 7. The maximum Gasteiger partial charge on any atom is 0.269 e. The zero-order valence-corrected chi connectivity index (χ0v) is 13.8. The van der Waals surface area contributed by atoms with Crippen molar-refractivity contribution in [1.82, 2.24) is 10.2 Å². The number of non-ortho nitro benzene ring substituents is 1. The van der Waals surface area contributed by atoms with Crippen molar-refractivity contribution in [2.75, 3.05) is 39.4 Å². The molecule has 1 amide bonds. The Morgan fingerprint density at radius 3 is 2.64 bits per heavy atom. The van der Waals surface area contributed by atoms with Crippen LogP contribution in [0.5, 0.6) is 0 Å². The lowest BCUT2D eigenvalue weighted by Crippen LogP contribution is -2.38. The van der Waals surface area contributed by atoms with Crippen molar-refractivity contribution in [3.05, 3.63) is 45.5 Å². The van der Waals surface area contributed by atoms with Crippen molar-refractivity contribution in [3.63, 3.8) is 0 Å². The van der Waals surface area contributed by atoms with Gasteiger partial charge in [0.2, 0.25) is 0 Å². The topological polar surface area (TPSA) is 108 Å². The summed E-state index contributed by atoms with van der Waals surface area (Å²) < 4.78 is 5.28. The molecule has 8 nitrogen and oxygen atoms in total. The monoisotopic (exact) mass is 344 g/mol. The summed E-state index contributed by atoms with van der Waals surface area (Å²) in [6.07, 6.45) is 2.21. The van der Waals surface area contributed by atoms with Gasteiger partial charge in [-0.1, -0.05) is 0 Å². The van der Waals surface area contributed by atoms with Crippen molar-refractivity contribution in [1.29, 1.82) is 5.26 Å². The summed E-state index contributed by atoms with van der Waals surface area (Å²) in [7, 11) is 0. The van der Waals surface area contributed by atoms with E-state index in [0.717, 1.165) is 39.3 Å². The van der Waals surface area contributed by atoms with Gasteiger partial charge in [0.1, 0.15) is 11.6 Å². The van der Waals surface area contributed by atoms with Crippen molar-refractivity contribution in [2.45, 2.75) is 6.42 Å². The molecule has 1 aromatic rings. The molecule has 1 aromatic carbocycles. The highest BCUT2D eigenvalue weighted by Gasteiger charge is 2.11. The van der Waals surface area contributed by atoms with Gasteiger partial charge in [-0.15, -0.1) is 0 Å². The highest BCUT2D eigenvalue weighted by Crippen LogP contribution is 2.14. The molecule has 132 valence electrons. The first-order valence-corrected chi connectivity index (χ1v) is 8.04. The molecule has 1 saturated heterocycles. The van der Waals surface area contributed by atoms with Crippen LogP contribution in [-0.4, -0.2) is 55.1 Å². The van der Waals surface area contributed by atoms with Gasteiger partial charge in [-0.25, -0.2) is 0 Å². The Morgan fingerprint density at radius 2 is 2.04 bits per heavy atom. The smallest absolute Gasteiger partial charge is 0.269 e. The minimum absolute atomic E-state index is 0.0276. The number of hydrogen-bond donors (Lipinski definition) is 1. The summed E-state index contributed by atoms with van der Waals surface area (Å²) in [5.41, 5.74) is 0.495. The number of carbonyl (C=O) groups is 1. The highest BCUT2D eigenvalue weighted by molar-refractivity contribution is 6.01. The number of hydrogen-bond acceptors (Lipinski definition) is 6. The highest BCUT2D eigenvalue weighted by atomic mass is 16.6. The second-order valence-electron chi connectivity index (χ2n) is 5.58. The van der Waals surface area contributed by atoms with Gasteiger partial charge in [0.15, 0.2) is 0 Å². The minimum Gasteiger partial charge on any atom is -0.379 e. The molecular formula is C17H20N4O4. The van der Waals surface area contributed by atoms with Crippen molar-refractivity contribution >= 4 is 17.7 Å². The first-order valence-electron chi connectivity index (χ1n) is 8.04. The fraction of sp³-hybridized carbons (Fsp3) is 0.412. The molecule has 0 aliphatic carbocycles. The molecule has 0 saturated carbocycles. The molecule has 0 unspecified atom stereocenters. The second-order valence-corrected chi connectivity index (χ2v) is 5.58. The molecule has 1 fully saturated rings. The Bertz CT molecular complexity index is 673. The third kappa shape index (κ3) is 5.99. The van der Waals surface area contributed by atoms with Gasteiger partial charge < -0.3 is 10.1 Å². The van der Waals surface area contributed by atoms with Crippen LogP contribution in [0.1, 0.15) is 12.0 Å². The van der Waals surface area contributed by atoms with E-state index in [9.17, 15) is 14.9 Å². The maximum absolute atomic E-state index is 12.1. The van der Waals surface area contributed by atoms with E-state index in [4.69, 9.17) is 10.00 Å². The lowest BCUT2D eigenvalue weighted by molar-refractivity contribution is -0.384. The first-order chi connectivity index (χ1) is 12.1. The normalized spacial score (nSPS) is 15.4. The molecule has 1 aliphatic rings. The van der Waals surface area contributed by atoms with E-state index in [0.29, 0.717) is 12.1 Å². The zero-order valence-electron chi connectivity index (χ0n) is 13.8. The number of nitro benzene ring substituents is 1.